The van der Waals surface area contributed by atoms with Crippen LogP contribution in [-0.4, -0.2) is 42.3 Å². The fourth-order valence-electron chi connectivity index (χ4n) is 2.84. The van der Waals surface area contributed by atoms with E-state index in [1.165, 1.54) is 12.5 Å². The maximum Gasteiger partial charge on any atom is 0.159 e. The Balaban J connectivity index is 1.56. The zero-order chi connectivity index (χ0) is 15.1. The van der Waals surface area contributed by atoms with E-state index < -0.39 is 11.6 Å². The van der Waals surface area contributed by atoms with E-state index in [9.17, 15) is 13.9 Å². The molecule has 0 aromatic heterocycles. The van der Waals surface area contributed by atoms with Crippen molar-refractivity contribution in [1.29, 1.82) is 0 Å². The van der Waals surface area contributed by atoms with Crippen LogP contribution in [0.2, 0.25) is 0 Å². The summed E-state index contributed by atoms with van der Waals surface area (Å²) in [6, 6.07) is 4.34. The summed E-state index contributed by atoms with van der Waals surface area (Å²) in [6.45, 7) is 3.79. The van der Waals surface area contributed by atoms with Gasteiger partial charge >= 0.3 is 0 Å². The summed E-state index contributed by atoms with van der Waals surface area (Å²) in [5.74, 6) is -1.60. The standard InChI is InChI=1S/C16H24F2N2O/c17-15-6-5-13(10-16(15)18)11-19-7-1-2-8-20-9-3-4-14(20)12-21/h5-6,10,14,19,21H,1-4,7-9,11-12H2. The van der Waals surface area contributed by atoms with Gasteiger partial charge in [-0.25, -0.2) is 8.78 Å². The molecule has 1 atom stereocenters. The summed E-state index contributed by atoms with van der Waals surface area (Å²) in [5, 5.41) is 12.5. The summed E-state index contributed by atoms with van der Waals surface area (Å²) >= 11 is 0. The lowest BCUT2D eigenvalue weighted by Crippen LogP contribution is -2.33. The molecule has 0 bridgehead atoms. The molecule has 21 heavy (non-hydrogen) atoms. The Kier molecular flexibility index (Phi) is 6.54. The number of rotatable bonds is 8. The van der Waals surface area contributed by atoms with Gasteiger partial charge in [-0.1, -0.05) is 6.07 Å². The molecule has 3 nitrogen and oxygen atoms in total. The Labute approximate surface area is 125 Å². The number of nitrogens with one attached hydrogen (secondary N) is 1. The van der Waals surface area contributed by atoms with Gasteiger partial charge in [-0.15, -0.1) is 0 Å². The maximum absolute atomic E-state index is 13.0. The average Bonchev–Trinajstić information content (AvgIpc) is 2.93. The topological polar surface area (TPSA) is 35.5 Å². The van der Waals surface area contributed by atoms with Crippen molar-refractivity contribution >= 4 is 0 Å². The van der Waals surface area contributed by atoms with Gasteiger partial charge in [0.15, 0.2) is 11.6 Å². The first kappa shape index (κ1) is 16.3. The highest BCUT2D eigenvalue weighted by Gasteiger charge is 2.22. The third-order valence-electron chi connectivity index (χ3n) is 4.07. The van der Waals surface area contributed by atoms with E-state index in [1.807, 2.05) is 0 Å². The maximum atomic E-state index is 13.0. The lowest BCUT2D eigenvalue weighted by Gasteiger charge is -2.22. The van der Waals surface area contributed by atoms with Crippen molar-refractivity contribution in [3.8, 4) is 0 Å². The molecular formula is C16H24F2N2O. The summed E-state index contributed by atoms with van der Waals surface area (Å²) < 4.78 is 25.8. The number of benzene rings is 1. The molecule has 1 aliphatic heterocycles. The molecule has 1 aliphatic rings. The lowest BCUT2D eigenvalue weighted by atomic mass is 10.2. The minimum absolute atomic E-state index is 0.258. The smallest absolute Gasteiger partial charge is 0.159 e. The third-order valence-corrected chi connectivity index (χ3v) is 4.07. The van der Waals surface area contributed by atoms with Crippen molar-refractivity contribution in [3.63, 3.8) is 0 Å². The number of aliphatic hydroxyl groups excluding tert-OH is 1. The first-order chi connectivity index (χ1) is 10.2. The van der Waals surface area contributed by atoms with Crippen molar-refractivity contribution in [1.82, 2.24) is 10.2 Å². The van der Waals surface area contributed by atoms with Gasteiger partial charge in [-0.05, 0) is 63.0 Å². The van der Waals surface area contributed by atoms with Gasteiger partial charge in [-0.3, -0.25) is 4.90 Å². The summed E-state index contributed by atoms with van der Waals surface area (Å²) in [5.41, 5.74) is 0.758. The minimum Gasteiger partial charge on any atom is -0.395 e. The molecule has 1 unspecified atom stereocenters. The molecule has 1 aromatic rings. The van der Waals surface area contributed by atoms with Gasteiger partial charge in [0.05, 0.1) is 6.61 Å². The number of nitrogens with zero attached hydrogens (tertiary/aromatic N) is 1. The molecule has 5 heteroatoms. The predicted octanol–water partition coefficient (Wildman–Crippen LogP) is 2.29. The molecule has 1 heterocycles. The lowest BCUT2D eigenvalue weighted by molar-refractivity contribution is 0.157. The zero-order valence-electron chi connectivity index (χ0n) is 12.3. The number of aliphatic hydroxyl groups is 1. The van der Waals surface area contributed by atoms with Crippen molar-refractivity contribution < 1.29 is 13.9 Å². The number of unbranched alkanes of at least 4 members (excludes halogenated alkanes) is 1. The van der Waals surface area contributed by atoms with Crippen molar-refractivity contribution in [2.45, 2.75) is 38.3 Å². The third kappa shape index (κ3) is 5.02. The van der Waals surface area contributed by atoms with Crippen molar-refractivity contribution in [2.75, 3.05) is 26.2 Å². The molecule has 1 fully saturated rings. The fourth-order valence-corrected chi connectivity index (χ4v) is 2.84. The molecule has 0 spiro atoms. The Morgan fingerprint density at radius 1 is 1.24 bits per heavy atom. The number of hydrogen-bond donors (Lipinski definition) is 2. The summed E-state index contributed by atoms with van der Waals surface area (Å²) in [7, 11) is 0. The van der Waals surface area contributed by atoms with Gasteiger partial charge in [-0.2, -0.15) is 0 Å². The van der Waals surface area contributed by atoms with E-state index in [4.69, 9.17) is 0 Å². The van der Waals surface area contributed by atoms with Crippen molar-refractivity contribution in [2.24, 2.45) is 0 Å². The largest absolute Gasteiger partial charge is 0.395 e. The van der Waals surface area contributed by atoms with Gasteiger partial charge in [0.25, 0.3) is 0 Å². The van der Waals surface area contributed by atoms with E-state index in [1.54, 1.807) is 6.07 Å². The Morgan fingerprint density at radius 3 is 2.86 bits per heavy atom. The normalized spacial score (nSPS) is 19.3. The quantitative estimate of drug-likeness (QED) is 0.723. The molecule has 2 rings (SSSR count). The highest BCUT2D eigenvalue weighted by molar-refractivity contribution is 5.17. The number of likely N-dealkylation sites (tertiary alicyclic amines) is 1. The van der Waals surface area contributed by atoms with Crippen LogP contribution in [0.25, 0.3) is 0 Å². The van der Waals surface area contributed by atoms with Gasteiger partial charge in [0.2, 0.25) is 0 Å². The summed E-state index contributed by atoms with van der Waals surface area (Å²) in [6.07, 6.45) is 4.41. The van der Waals surface area contributed by atoms with Gasteiger partial charge in [0, 0.05) is 12.6 Å². The average molecular weight is 298 g/mol. The molecule has 0 amide bonds. The molecule has 0 aliphatic carbocycles. The molecule has 118 valence electrons. The fraction of sp³-hybridized carbons (Fsp3) is 0.625. The van der Waals surface area contributed by atoms with E-state index in [2.05, 4.69) is 10.2 Å². The molecule has 0 radical (unpaired) electrons. The molecule has 0 saturated carbocycles. The van der Waals surface area contributed by atoms with E-state index in [-0.39, 0.29) is 6.61 Å². The second kappa shape index (κ2) is 8.41. The first-order valence-electron chi connectivity index (χ1n) is 7.70. The predicted molar refractivity (Wildman–Crippen MR) is 79.0 cm³/mol. The van der Waals surface area contributed by atoms with E-state index in [0.29, 0.717) is 12.6 Å². The van der Waals surface area contributed by atoms with Crippen LogP contribution in [0.15, 0.2) is 18.2 Å². The van der Waals surface area contributed by atoms with Gasteiger partial charge in [0.1, 0.15) is 0 Å². The molecule has 1 aromatic carbocycles. The Morgan fingerprint density at radius 2 is 2.10 bits per heavy atom. The van der Waals surface area contributed by atoms with Gasteiger partial charge < -0.3 is 10.4 Å². The SMILES string of the molecule is OCC1CCCN1CCCCNCc1ccc(F)c(F)c1. The molecular weight excluding hydrogens is 274 g/mol. The monoisotopic (exact) mass is 298 g/mol. The summed E-state index contributed by atoms with van der Waals surface area (Å²) in [4.78, 5) is 2.36. The Bertz CT molecular complexity index is 442. The zero-order valence-corrected chi connectivity index (χ0v) is 12.3. The number of halogens is 2. The highest BCUT2D eigenvalue weighted by Crippen LogP contribution is 2.16. The number of hydrogen-bond acceptors (Lipinski definition) is 3. The van der Waals surface area contributed by atoms with Crippen molar-refractivity contribution in [3.05, 3.63) is 35.4 Å². The second-order valence-corrected chi connectivity index (χ2v) is 5.65. The first-order valence-corrected chi connectivity index (χ1v) is 7.70. The van der Waals surface area contributed by atoms with Crippen LogP contribution in [0.4, 0.5) is 8.78 Å². The van der Waals surface area contributed by atoms with Crippen LogP contribution in [0.5, 0.6) is 0 Å². The van der Waals surface area contributed by atoms with E-state index in [0.717, 1.165) is 50.5 Å². The Hall–Kier alpha value is -1.04. The van der Waals surface area contributed by atoms with Crippen LogP contribution in [0.1, 0.15) is 31.2 Å². The van der Waals surface area contributed by atoms with Crippen LogP contribution >= 0.6 is 0 Å². The highest BCUT2D eigenvalue weighted by atomic mass is 19.2. The minimum atomic E-state index is -0.803. The molecule has 2 N–H and O–H groups in total. The second-order valence-electron chi connectivity index (χ2n) is 5.65. The van der Waals surface area contributed by atoms with Crippen LogP contribution in [-0.2, 0) is 6.54 Å². The molecule has 1 saturated heterocycles. The van der Waals surface area contributed by atoms with E-state index >= 15 is 0 Å². The van der Waals surface area contributed by atoms with Crippen LogP contribution in [0, 0.1) is 11.6 Å². The van der Waals surface area contributed by atoms with Crippen LogP contribution < -0.4 is 5.32 Å². The van der Waals surface area contributed by atoms with Crippen LogP contribution in [0.3, 0.4) is 0 Å².